The van der Waals surface area contributed by atoms with E-state index in [0.29, 0.717) is 22.0 Å². The van der Waals surface area contributed by atoms with Crippen LogP contribution in [0.1, 0.15) is 39.0 Å². The van der Waals surface area contributed by atoms with E-state index in [2.05, 4.69) is 15.8 Å². The molecule has 3 aromatic rings. The van der Waals surface area contributed by atoms with Crippen LogP contribution in [0.25, 0.3) is 0 Å². The third kappa shape index (κ3) is 5.11. The number of amides is 2. The number of rotatable bonds is 7. The topological polar surface area (TPSA) is 84.2 Å². The molecule has 162 valence electrons. The molecule has 2 N–H and O–H groups in total. The zero-order valence-corrected chi connectivity index (χ0v) is 18.0. The first-order valence-corrected chi connectivity index (χ1v) is 10.4. The molecule has 0 bridgehead atoms. The zero-order valence-electron chi connectivity index (χ0n) is 17.2. The lowest BCUT2D eigenvalue weighted by molar-refractivity contribution is -0.122. The van der Waals surface area contributed by atoms with Crippen molar-refractivity contribution in [3.8, 4) is 0 Å². The van der Waals surface area contributed by atoms with Gasteiger partial charge in [0, 0.05) is 23.3 Å². The van der Waals surface area contributed by atoms with E-state index in [1.165, 1.54) is 24.9 Å². The third-order valence-electron chi connectivity index (χ3n) is 4.75. The fourth-order valence-electron chi connectivity index (χ4n) is 2.98. The van der Waals surface area contributed by atoms with Crippen molar-refractivity contribution in [1.29, 1.82) is 0 Å². The van der Waals surface area contributed by atoms with Gasteiger partial charge in [0.05, 0.1) is 11.3 Å². The molecule has 1 aromatic heterocycles. The molecule has 0 aliphatic rings. The van der Waals surface area contributed by atoms with Crippen molar-refractivity contribution in [2.75, 3.05) is 7.05 Å². The average molecular weight is 445 g/mol. The highest BCUT2D eigenvalue weighted by Crippen LogP contribution is 2.29. The largest absolute Gasteiger partial charge is 0.361 e. The van der Waals surface area contributed by atoms with Gasteiger partial charge in [-0.25, -0.2) is 8.78 Å². The summed E-state index contributed by atoms with van der Waals surface area (Å²) in [7, 11) is 1.40. The maximum atomic E-state index is 13.7. The van der Waals surface area contributed by atoms with Gasteiger partial charge in [0.15, 0.2) is 11.6 Å². The Morgan fingerprint density at radius 2 is 1.87 bits per heavy atom. The van der Waals surface area contributed by atoms with E-state index in [4.69, 9.17) is 4.52 Å². The van der Waals surface area contributed by atoms with Gasteiger partial charge in [-0.1, -0.05) is 23.4 Å². The summed E-state index contributed by atoms with van der Waals surface area (Å²) in [5.74, 6) is -1.94. The number of likely N-dealkylation sites (N-methyl/N-ethyl adjacent to an activating group) is 1. The first-order valence-electron chi connectivity index (χ1n) is 9.42. The Morgan fingerprint density at radius 3 is 2.52 bits per heavy atom. The number of halogens is 2. The summed E-state index contributed by atoms with van der Waals surface area (Å²) in [4.78, 5) is 26.1. The molecule has 31 heavy (non-hydrogen) atoms. The highest BCUT2D eigenvalue weighted by atomic mass is 32.2. The lowest BCUT2D eigenvalue weighted by atomic mass is 10.0. The standard InChI is InChI=1S/C22H21F2N3O3S/c1-12-16(13(2)30-27-12)11-31-19-7-5-4-6-15(19)21(28)26-20(22(29)25-3)14-8-9-17(23)18(24)10-14/h4-10,20H,11H2,1-3H3,(H,25,29)(H,26,28). The summed E-state index contributed by atoms with van der Waals surface area (Å²) < 4.78 is 32.2. The Hall–Kier alpha value is -3.20. The number of hydrogen-bond acceptors (Lipinski definition) is 5. The van der Waals surface area contributed by atoms with E-state index < -0.39 is 29.5 Å². The first kappa shape index (κ1) is 22.5. The normalized spacial score (nSPS) is 11.8. The summed E-state index contributed by atoms with van der Waals surface area (Å²) in [6.45, 7) is 3.67. The molecule has 1 atom stereocenters. The minimum Gasteiger partial charge on any atom is -0.361 e. The molecule has 0 aliphatic carbocycles. The minimum atomic E-state index is -1.19. The summed E-state index contributed by atoms with van der Waals surface area (Å²) in [5, 5.41) is 8.98. The molecule has 2 amide bonds. The molecule has 0 saturated carbocycles. The molecule has 1 unspecified atom stereocenters. The quantitative estimate of drug-likeness (QED) is 0.536. The van der Waals surface area contributed by atoms with Crippen molar-refractivity contribution >= 4 is 23.6 Å². The molecule has 0 fully saturated rings. The van der Waals surface area contributed by atoms with Crippen LogP contribution >= 0.6 is 11.8 Å². The van der Waals surface area contributed by atoms with Crippen molar-refractivity contribution < 1.29 is 22.9 Å². The fraction of sp³-hybridized carbons (Fsp3) is 0.227. The Balaban J connectivity index is 1.84. The second kappa shape index (κ2) is 9.74. The molecule has 0 saturated heterocycles. The van der Waals surface area contributed by atoms with E-state index >= 15 is 0 Å². The zero-order chi connectivity index (χ0) is 22.5. The Morgan fingerprint density at radius 1 is 1.13 bits per heavy atom. The monoisotopic (exact) mass is 445 g/mol. The average Bonchev–Trinajstić information content (AvgIpc) is 3.09. The van der Waals surface area contributed by atoms with Crippen LogP contribution in [-0.4, -0.2) is 24.0 Å². The number of aromatic nitrogens is 1. The van der Waals surface area contributed by atoms with Gasteiger partial charge in [-0.05, 0) is 43.7 Å². The van der Waals surface area contributed by atoms with E-state index in [1.807, 2.05) is 13.8 Å². The second-order valence-corrected chi connectivity index (χ2v) is 7.80. The van der Waals surface area contributed by atoms with E-state index in [0.717, 1.165) is 23.4 Å². The van der Waals surface area contributed by atoms with Crippen molar-refractivity contribution in [1.82, 2.24) is 15.8 Å². The van der Waals surface area contributed by atoms with Crippen LogP contribution in [0.5, 0.6) is 0 Å². The van der Waals surface area contributed by atoms with Crippen molar-refractivity contribution in [3.05, 3.63) is 82.2 Å². The van der Waals surface area contributed by atoms with Crippen molar-refractivity contribution in [3.63, 3.8) is 0 Å². The maximum absolute atomic E-state index is 13.7. The van der Waals surface area contributed by atoms with E-state index in [9.17, 15) is 18.4 Å². The van der Waals surface area contributed by atoms with Crippen LogP contribution in [0.4, 0.5) is 8.78 Å². The number of carbonyl (C=O) groups is 2. The fourth-order valence-corrected chi connectivity index (χ4v) is 4.19. The highest BCUT2D eigenvalue weighted by molar-refractivity contribution is 7.98. The van der Waals surface area contributed by atoms with Crippen LogP contribution in [0.15, 0.2) is 51.9 Å². The van der Waals surface area contributed by atoms with Gasteiger partial charge in [0.2, 0.25) is 5.91 Å². The predicted molar refractivity (Wildman–Crippen MR) is 113 cm³/mol. The molecular formula is C22H21F2N3O3S. The van der Waals surface area contributed by atoms with Crippen LogP contribution in [0.2, 0.25) is 0 Å². The molecule has 6 nitrogen and oxygen atoms in total. The number of nitrogens with zero attached hydrogens (tertiary/aromatic N) is 1. The molecule has 0 radical (unpaired) electrons. The van der Waals surface area contributed by atoms with Crippen LogP contribution in [-0.2, 0) is 10.5 Å². The summed E-state index contributed by atoms with van der Waals surface area (Å²) in [6.07, 6.45) is 0. The number of hydrogen-bond donors (Lipinski definition) is 2. The number of thioether (sulfide) groups is 1. The number of aryl methyl sites for hydroxylation is 2. The molecule has 0 spiro atoms. The summed E-state index contributed by atoms with van der Waals surface area (Å²) >= 11 is 1.43. The molecule has 3 rings (SSSR count). The van der Waals surface area contributed by atoms with Gasteiger partial charge in [0.1, 0.15) is 11.8 Å². The van der Waals surface area contributed by atoms with Gasteiger partial charge in [-0.3, -0.25) is 9.59 Å². The smallest absolute Gasteiger partial charge is 0.253 e. The SMILES string of the molecule is CNC(=O)C(NC(=O)c1ccccc1SCc1c(C)noc1C)c1ccc(F)c(F)c1. The lowest BCUT2D eigenvalue weighted by Crippen LogP contribution is -2.39. The molecule has 9 heteroatoms. The van der Waals surface area contributed by atoms with Crippen LogP contribution < -0.4 is 10.6 Å². The minimum absolute atomic E-state index is 0.132. The van der Waals surface area contributed by atoms with Crippen molar-refractivity contribution in [2.45, 2.75) is 30.5 Å². The molecule has 0 aliphatic heterocycles. The van der Waals surface area contributed by atoms with Crippen LogP contribution in [0, 0.1) is 25.5 Å². The Labute approximate surface area is 182 Å². The van der Waals surface area contributed by atoms with Crippen LogP contribution in [0.3, 0.4) is 0 Å². The van der Waals surface area contributed by atoms with Gasteiger partial charge >= 0.3 is 0 Å². The summed E-state index contributed by atoms with van der Waals surface area (Å²) in [5.41, 5.74) is 2.22. The number of carbonyl (C=O) groups excluding carboxylic acids is 2. The van der Waals surface area contributed by atoms with Crippen molar-refractivity contribution in [2.24, 2.45) is 0 Å². The maximum Gasteiger partial charge on any atom is 0.253 e. The van der Waals surface area contributed by atoms with Gasteiger partial charge in [-0.15, -0.1) is 11.8 Å². The molecule has 2 aromatic carbocycles. The number of nitrogens with one attached hydrogen (secondary N) is 2. The van der Waals surface area contributed by atoms with Gasteiger partial charge in [0.25, 0.3) is 5.91 Å². The Bertz CT molecular complexity index is 1100. The first-order chi connectivity index (χ1) is 14.8. The summed E-state index contributed by atoms with van der Waals surface area (Å²) in [6, 6.07) is 8.83. The molecular weight excluding hydrogens is 424 g/mol. The van der Waals surface area contributed by atoms with Gasteiger partial charge < -0.3 is 15.2 Å². The molecule has 1 heterocycles. The number of benzene rings is 2. The van der Waals surface area contributed by atoms with E-state index in [1.54, 1.807) is 24.3 Å². The van der Waals surface area contributed by atoms with E-state index in [-0.39, 0.29) is 5.56 Å². The highest BCUT2D eigenvalue weighted by Gasteiger charge is 2.25. The second-order valence-electron chi connectivity index (χ2n) is 6.78. The van der Waals surface area contributed by atoms with Gasteiger partial charge in [-0.2, -0.15) is 0 Å². The predicted octanol–water partition coefficient (Wildman–Crippen LogP) is 4.08. The lowest BCUT2D eigenvalue weighted by Gasteiger charge is -2.19. The third-order valence-corrected chi connectivity index (χ3v) is 5.85. The Kier molecular flexibility index (Phi) is 7.06.